The molecule has 0 heterocycles. The molecule has 0 bridgehead atoms. The first-order valence-corrected chi connectivity index (χ1v) is 45.2. The number of rotatable bonds is 75. The third-order valence-electron chi connectivity index (χ3n) is 15.9. The third kappa shape index (κ3) is 84.0. The lowest BCUT2D eigenvalue weighted by atomic mass is 10.1. The van der Waals surface area contributed by atoms with Crippen molar-refractivity contribution in [2.24, 2.45) is 0 Å². The van der Waals surface area contributed by atoms with Gasteiger partial charge < -0.3 is 33.8 Å². The average Bonchev–Trinajstić information content (AvgIpc) is 0.898. The summed E-state index contributed by atoms with van der Waals surface area (Å²) in [6.07, 6.45) is 116. The summed E-state index contributed by atoms with van der Waals surface area (Å²) in [7, 11) is -10.1. The third-order valence-corrected chi connectivity index (χ3v) is 17.8. The number of phosphoric acid groups is 2. The lowest BCUT2D eigenvalue weighted by Crippen LogP contribution is -2.30. The zero-order valence-electron chi connectivity index (χ0n) is 70.5. The molecule has 5 atom stereocenters. The van der Waals surface area contributed by atoms with Gasteiger partial charge in [-0.1, -0.05) is 314 Å². The van der Waals surface area contributed by atoms with Crippen LogP contribution in [0.2, 0.25) is 0 Å². The molecule has 17 nitrogen and oxygen atoms in total. The summed E-state index contributed by atoms with van der Waals surface area (Å²) in [5.41, 5.74) is 0. The summed E-state index contributed by atoms with van der Waals surface area (Å²) in [5.74, 6) is -2.55. The Morgan fingerprint density at radius 1 is 0.241 bits per heavy atom. The zero-order chi connectivity index (χ0) is 84.5. The fourth-order valence-electron chi connectivity index (χ4n) is 9.68. The van der Waals surface area contributed by atoms with Gasteiger partial charge in [-0.05, 0) is 186 Å². The fraction of sp³-hybridized carbons (Fsp3) is 0.485. The van der Waals surface area contributed by atoms with Crippen LogP contribution in [-0.2, 0) is 65.4 Å². The number of aliphatic hydroxyl groups excluding tert-OH is 1. The predicted octanol–water partition coefficient (Wildman–Crippen LogP) is 25.7. The summed E-state index contributed by atoms with van der Waals surface area (Å²) in [6.45, 7) is 4.06. The number of hydrogen-bond donors (Lipinski definition) is 3. The predicted molar refractivity (Wildman–Crippen MR) is 481 cm³/mol. The van der Waals surface area contributed by atoms with Crippen molar-refractivity contribution < 1.29 is 80.2 Å². The molecule has 0 radical (unpaired) electrons. The molecule has 2 unspecified atom stereocenters. The van der Waals surface area contributed by atoms with E-state index in [4.69, 9.17) is 37.0 Å². The molecule has 3 N–H and O–H groups in total. The van der Waals surface area contributed by atoms with Crippen LogP contribution in [0.5, 0.6) is 0 Å². The number of carbonyl (C=O) groups is 4. The van der Waals surface area contributed by atoms with Crippen molar-refractivity contribution in [3.8, 4) is 0 Å². The zero-order valence-corrected chi connectivity index (χ0v) is 72.3. The van der Waals surface area contributed by atoms with E-state index in [0.29, 0.717) is 44.9 Å². The molecule has 0 saturated heterocycles. The Kier molecular flexibility index (Phi) is 79.2. The van der Waals surface area contributed by atoms with Gasteiger partial charge in [-0.15, -0.1) is 0 Å². The van der Waals surface area contributed by atoms with E-state index in [1.807, 2.05) is 54.7 Å². The molecule has 0 fully saturated rings. The Hall–Kier alpha value is -7.92. The first-order chi connectivity index (χ1) is 56.7. The minimum atomic E-state index is -5.05. The summed E-state index contributed by atoms with van der Waals surface area (Å²) >= 11 is 0. The van der Waals surface area contributed by atoms with Gasteiger partial charge in [0.2, 0.25) is 0 Å². The standard InChI is InChI=1S/C97H144O17P2/c1-5-9-13-17-21-25-29-33-37-41-45-49-53-57-61-65-69-73-77-81-94(99)107-87-92(113-96(101)83-79-75-71-67-63-59-55-51-47-43-39-35-31-27-23-19-15-11-7-3)89-111-115(103,104)109-85-91(98)86-110-116(105,106)112-90-93(114-97(102)84-80-76-72-68-64-60-56-52-48-44-40-36-32-28-24-20-16-12-8-4)88-108-95(100)82-78-74-70-66-62-58-54-50-46-42-38-34-30-26-22-18-14-10-6-2/h9-16,21-28,33-40,45-52,57-64,69-71,73-75,91-93,98H,5-8,17-20,29-32,41-44,53-56,65-68,72,76-90H2,1-4H3,(H,103,104)(H,105,106)/b13-9-,14-10-,15-11-,16-12-,25-21-,26-22-,27-23-,28-24-,37-33-,38-34-,39-35-,40-36-,49-45-,50-46-,51-47-,52-48-,61-57-,62-58-,63-59-,64-60-,73-69-,74-70-,75-71-/t91-,92-,93-/m1/s1. The van der Waals surface area contributed by atoms with Gasteiger partial charge in [0.25, 0.3) is 0 Å². The number of phosphoric ester groups is 2. The van der Waals surface area contributed by atoms with Crippen LogP contribution < -0.4 is 0 Å². The summed E-state index contributed by atoms with van der Waals surface area (Å²) in [5, 5.41) is 10.7. The highest BCUT2D eigenvalue weighted by molar-refractivity contribution is 7.47. The Labute approximate surface area is 699 Å². The minimum absolute atomic E-state index is 0.00432. The molecule has 19 heteroatoms. The normalized spacial score (nSPS) is 15.1. The van der Waals surface area contributed by atoms with Crippen LogP contribution in [0.25, 0.3) is 0 Å². The number of esters is 4. The number of unbranched alkanes of at least 4 members (excludes halogenated alkanes) is 3. The molecular formula is C97H144O17P2. The maximum Gasteiger partial charge on any atom is 0.472 e. The Balaban J connectivity index is 5.68. The van der Waals surface area contributed by atoms with Crippen molar-refractivity contribution in [2.45, 2.75) is 264 Å². The maximum atomic E-state index is 13.1. The van der Waals surface area contributed by atoms with Gasteiger partial charge >= 0.3 is 39.5 Å². The van der Waals surface area contributed by atoms with E-state index < -0.39 is 97.5 Å². The molecule has 0 amide bonds. The highest BCUT2D eigenvalue weighted by Crippen LogP contribution is 2.45. The lowest BCUT2D eigenvalue weighted by molar-refractivity contribution is -0.161. The van der Waals surface area contributed by atoms with Gasteiger partial charge in [-0.3, -0.25) is 37.3 Å². The molecule has 0 aromatic rings. The van der Waals surface area contributed by atoms with Crippen molar-refractivity contribution in [1.29, 1.82) is 0 Å². The van der Waals surface area contributed by atoms with Gasteiger partial charge in [0, 0.05) is 25.7 Å². The van der Waals surface area contributed by atoms with Crippen molar-refractivity contribution in [3.05, 3.63) is 279 Å². The second-order valence-electron chi connectivity index (χ2n) is 26.5. The van der Waals surface area contributed by atoms with E-state index in [2.05, 4.69) is 253 Å². The number of carbonyl (C=O) groups excluding carboxylic acids is 4. The van der Waals surface area contributed by atoms with E-state index in [-0.39, 0.29) is 25.7 Å². The van der Waals surface area contributed by atoms with Gasteiger partial charge in [0.15, 0.2) is 12.2 Å². The van der Waals surface area contributed by atoms with Crippen molar-refractivity contribution >= 4 is 39.5 Å². The van der Waals surface area contributed by atoms with Gasteiger partial charge in [0.1, 0.15) is 19.3 Å². The molecular weight excluding hydrogens is 1500 g/mol. The van der Waals surface area contributed by atoms with Crippen LogP contribution in [0.3, 0.4) is 0 Å². The van der Waals surface area contributed by atoms with Crippen molar-refractivity contribution in [3.63, 3.8) is 0 Å². The number of aliphatic hydroxyl groups is 1. The molecule has 0 aliphatic carbocycles. The van der Waals surface area contributed by atoms with Gasteiger partial charge in [-0.2, -0.15) is 0 Å². The van der Waals surface area contributed by atoms with E-state index in [1.165, 1.54) is 0 Å². The van der Waals surface area contributed by atoms with Crippen molar-refractivity contribution in [1.82, 2.24) is 0 Å². The van der Waals surface area contributed by atoms with E-state index in [1.54, 1.807) is 0 Å². The number of allylic oxidation sites excluding steroid dienone is 46. The molecule has 644 valence electrons. The summed E-state index contributed by atoms with van der Waals surface area (Å²) < 4.78 is 68.5. The van der Waals surface area contributed by atoms with Crippen LogP contribution in [0.4, 0.5) is 0 Å². The summed E-state index contributed by atoms with van der Waals surface area (Å²) in [6, 6.07) is 0. The Morgan fingerprint density at radius 2 is 0.440 bits per heavy atom. The van der Waals surface area contributed by atoms with Crippen LogP contribution in [0, 0.1) is 0 Å². The second-order valence-corrected chi connectivity index (χ2v) is 29.4. The SMILES string of the molecule is CC/C=C\C/C=C\C/C=C\C/C=C\C/C=C\C/C=C\CCC(=O)OC[C@H](COP(=O)(O)OC[C@@H](O)COP(=O)(O)OC[C@@H](COC(=O)CC/C=C\C/C=C\C/C=C\C/C=C\C/C=C\C/C=C\CC)OC(=O)CCCCC/C=C\C/C=C\C/C=C\C/C=C\C/C=C\CC)OC(=O)CC/C=C\C/C=C\C/C=C\C/C=C\C/C=C\C/C=C\CC. The first kappa shape index (κ1) is 108. The van der Waals surface area contributed by atoms with Gasteiger partial charge in [-0.25, -0.2) is 9.13 Å². The molecule has 0 rings (SSSR count). The highest BCUT2D eigenvalue weighted by Gasteiger charge is 2.30. The van der Waals surface area contributed by atoms with Crippen LogP contribution in [-0.4, -0.2) is 96.7 Å². The number of ether oxygens (including phenoxy) is 4. The largest absolute Gasteiger partial charge is 0.472 e. The quantitative estimate of drug-likeness (QED) is 0.0169. The lowest BCUT2D eigenvalue weighted by Gasteiger charge is -2.21. The van der Waals surface area contributed by atoms with Crippen molar-refractivity contribution in [2.75, 3.05) is 39.6 Å². The van der Waals surface area contributed by atoms with E-state index in [9.17, 15) is 43.2 Å². The summed E-state index contributed by atoms with van der Waals surface area (Å²) in [4.78, 5) is 73.2. The van der Waals surface area contributed by atoms with Crippen LogP contribution in [0.15, 0.2) is 279 Å². The average molecular weight is 1640 g/mol. The van der Waals surface area contributed by atoms with Crippen LogP contribution >= 0.6 is 15.6 Å². The molecule has 0 aliphatic rings. The van der Waals surface area contributed by atoms with Gasteiger partial charge in [0.05, 0.1) is 26.4 Å². The van der Waals surface area contributed by atoms with Crippen LogP contribution in [0.1, 0.15) is 246 Å². The smallest absolute Gasteiger partial charge is 0.462 e. The monoisotopic (exact) mass is 1640 g/mol. The minimum Gasteiger partial charge on any atom is -0.462 e. The second kappa shape index (κ2) is 85.0. The molecule has 0 saturated carbocycles. The topological polar surface area (TPSA) is 237 Å². The van der Waals surface area contributed by atoms with E-state index >= 15 is 0 Å². The highest BCUT2D eigenvalue weighted by atomic mass is 31.2. The molecule has 116 heavy (non-hydrogen) atoms. The first-order valence-electron chi connectivity index (χ1n) is 42.2. The van der Waals surface area contributed by atoms with E-state index in [0.717, 1.165) is 148 Å². The molecule has 0 aromatic carbocycles. The Morgan fingerprint density at radius 3 is 0.681 bits per heavy atom. The Bertz CT molecular complexity index is 3310. The molecule has 0 aliphatic heterocycles. The molecule has 0 aromatic heterocycles. The number of hydrogen-bond acceptors (Lipinski definition) is 15. The maximum absolute atomic E-state index is 13.1. The molecule has 0 spiro atoms. The fourth-order valence-corrected chi connectivity index (χ4v) is 11.3.